The van der Waals surface area contributed by atoms with Crippen molar-refractivity contribution in [3.63, 3.8) is 0 Å². The first-order valence-electron chi connectivity index (χ1n) is 7.94. The Morgan fingerprint density at radius 3 is 2.44 bits per heavy atom. The Morgan fingerprint density at radius 2 is 1.76 bits per heavy atom. The Labute approximate surface area is 149 Å². The lowest BCUT2D eigenvalue weighted by atomic mass is 10.1. The third-order valence-corrected chi connectivity index (χ3v) is 4.93. The first kappa shape index (κ1) is 15.5. The predicted octanol–water partition coefficient (Wildman–Crippen LogP) is 5.01. The normalized spacial score (nSPS) is 14.8. The third-order valence-electron chi connectivity index (χ3n) is 4.25. The maximum Gasteiger partial charge on any atom is 0.228 e. The number of allylic oxidation sites excluding steroid dienone is 1. The largest absolute Gasteiger partial charge is 0.287 e. The van der Waals surface area contributed by atoms with Crippen LogP contribution in [0.4, 0.5) is 5.69 Å². The van der Waals surface area contributed by atoms with Gasteiger partial charge in [-0.15, -0.1) is 0 Å². The van der Waals surface area contributed by atoms with Gasteiger partial charge in [0.1, 0.15) is 0 Å². The van der Waals surface area contributed by atoms with Crippen molar-refractivity contribution in [2.45, 2.75) is 6.92 Å². The van der Waals surface area contributed by atoms with E-state index in [0.717, 1.165) is 11.1 Å². The molecule has 0 bridgehead atoms. The van der Waals surface area contributed by atoms with Crippen molar-refractivity contribution in [2.75, 3.05) is 4.90 Å². The molecule has 1 aromatic heterocycles. The van der Waals surface area contributed by atoms with Crippen molar-refractivity contribution in [1.82, 2.24) is 0 Å². The van der Waals surface area contributed by atoms with Gasteiger partial charge in [-0.3, -0.25) is 14.5 Å². The van der Waals surface area contributed by atoms with Crippen molar-refractivity contribution in [1.29, 1.82) is 0 Å². The van der Waals surface area contributed by atoms with Gasteiger partial charge in [-0.1, -0.05) is 36.4 Å². The number of hydrogen-bond acceptors (Lipinski definition) is 3. The molecule has 1 amide bonds. The van der Waals surface area contributed by atoms with Gasteiger partial charge in [-0.05, 0) is 51.7 Å². The van der Waals surface area contributed by atoms with Crippen molar-refractivity contribution >= 4 is 34.8 Å². The molecule has 0 aliphatic carbocycles. The molecule has 0 fully saturated rings. The maximum atomic E-state index is 12.7. The van der Waals surface area contributed by atoms with Crippen molar-refractivity contribution in [3.8, 4) is 11.1 Å². The highest BCUT2D eigenvalue weighted by Gasteiger charge is 2.34. The highest BCUT2D eigenvalue weighted by atomic mass is 32.1. The zero-order valence-corrected chi connectivity index (χ0v) is 14.4. The van der Waals surface area contributed by atoms with Crippen LogP contribution >= 0.6 is 11.3 Å². The number of para-hydroxylation sites is 1. The smallest absolute Gasteiger partial charge is 0.228 e. The summed E-state index contributed by atoms with van der Waals surface area (Å²) in [7, 11) is 0. The van der Waals surface area contributed by atoms with Crippen LogP contribution in [0.5, 0.6) is 0 Å². The molecule has 4 rings (SSSR count). The van der Waals surface area contributed by atoms with Gasteiger partial charge >= 0.3 is 0 Å². The van der Waals surface area contributed by atoms with Gasteiger partial charge < -0.3 is 0 Å². The molecule has 0 atom stereocenters. The monoisotopic (exact) mass is 345 g/mol. The number of nitrogens with zero attached hydrogens (tertiary/aromatic N) is 1. The quantitative estimate of drug-likeness (QED) is 0.613. The summed E-state index contributed by atoms with van der Waals surface area (Å²) in [5.41, 5.74) is 4.82. The van der Waals surface area contributed by atoms with Crippen LogP contribution in [0, 0.1) is 0 Å². The third kappa shape index (κ3) is 2.71. The fourth-order valence-corrected chi connectivity index (χ4v) is 3.72. The standard InChI is InChI=1S/C21H15NO2S/c1-14(23)22-19-5-3-2-4-18(19)21(24)20(22)12-15-6-8-16(9-7-15)17-10-11-25-13-17/h2-13H,1H3/b20-12-. The first-order chi connectivity index (χ1) is 12.1. The number of Topliss-reactive ketones (excluding diaryl/α,β-unsaturated/α-hetero) is 1. The average molecular weight is 345 g/mol. The zero-order chi connectivity index (χ0) is 17.4. The van der Waals surface area contributed by atoms with E-state index in [-0.39, 0.29) is 11.7 Å². The second-order valence-corrected chi connectivity index (χ2v) is 6.64. The van der Waals surface area contributed by atoms with Crippen LogP contribution in [0.2, 0.25) is 0 Å². The SMILES string of the molecule is CC(=O)N1/C(=C\c2ccc(-c3ccsc3)cc2)C(=O)c2ccccc21. The molecule has 2 aromatic carbocycles. The van der Waals surface area contributed by atoms with E-state index in [4.69, 9.17) is 0 Å². The van der Waals surface area contributed by atoms with Gasteiger partial charge in [0.05, 0.1) is 11.4 Å². The van der Waals surface area contributed by atoms with E-state index in [1.165, 1.54) is 17.4 Å². The molecule has 3 aromatic rings. The Morgan fingerprint density at radius 1 is 1.00 bits per heavy atom. The predicted molar refractivity (Wildman–Crippen MR) is 102 cm³/mol. The molecule has 3 nitrogen and oxygen atoms in total. The van der Waals surface area contributed by atoms with Crippen LogP contribution in [0.25, 0.3) is 17.2 Å². The van der Waals surface area contributed by atoms with E-state index in [2.05, 4.69) is 11.4 Å². The van der Waals surface area contributed by atoms with Crippen LogP contribution in [-0.2, 0) is 4.79 Å². The average Bonchev–Trinajstić information content (AvgIpc) is 3.24. The number of carbonyl (C=O) groups is 2. The minimum absolute atomic E-state index is 0.118. The molecule has 0 spiro atoms. The van der Waals surface area contributed by atoms with Gasteiger partial charge in [0, 0.05) is 12.5 Å². The van der Waals surface area contributed by atoms with E-state index in [1.807, 2.05) is 41.8 Å². The fraction of sp³-hybridized carbons (Fsp3) is 0.0476. The Kier molecular flexibility index (Phi) is 3.82. The van der Waals surface area contributed by atoms with Gasteiger partial charge in [0.15, 0.2) is 0 Å². The molecule has 0 saturated heterocycles. The Hall–Kier alpha value is -2.98. The van der Waals surface area contributed by atoms with E-state index in [0.29, 0.717) is 16.9 Å². The molecule has 0 unspecified atom stereocenters. The van der Waals surface area contributed by atoms with E-state index in [9.17, 15) is 9.59 Å². The number of fused-ring (bicyclic) bond motifs is 1. The number of carbonyl (C=O) groups excluding carboxylic acids is 2. The number of anilines is 1. The molecular formula is C21H15NO2S. The number of amides is 1. The summed E-state index contributed by atoms with van der Waals surface area (Å²) in [5, 5.41) is 4.15. The van der Waals surface area contributed by atoms with E-state index >= 15 is 0 Å². The maximum absolute atomic E-state index is 12.7. The lowest BCUT2D eigenvalue weighted by molar-refractivity contribution is -0.116. The summed E-state index contributed by atoms with van der Waals surface area (Å²) in [6.45, 7) is 1.48. The molecule has 0 saturated carbocycles. The van der Waals surface area contributed by atoms with Crippen LogP contribution < -0.4 is 4.90 Å². The zero-order valence-electron chi connectivity index (χ0n) is 13.6. The minimum atomic E-state index is -0.167. The highest BCUT2D eigenvalue weighted by molar-refractivity contribution is 7.08. The van der Waals surface area contributed by atoms with Crippen molar-refractivity contribution < 1.29 is 9.59 Å². The molecule has 122 valence electrons. The molecule has 1 aliphatic rings. The van der Waals surface area contributed by atoms with Crippen LogP contribution in [0.15, 0.2) is 71.1 Å². The van der Waals surface area contributed by atoms with Crippen molar-refractivity contribution in [3.05, 3.63) is 82.2 Å². The molecule has 25 heavy (non-hydrogen) atoms. The number of benzene rings is 2. The van der Waals surface area contributed by atoms with Crippen molar-refractivity contribution in [2.24, 2.45) is 0 Å². The van der Waals surface area contributed by atoms with Gasteiger partial charge in [0.2, 0.25) is 11.7 Å². The summed E-state index contributed by atoms with van der Waals surface area (Å²) in [6, 6.07) is 17.3. The van der Waals surface area contributed by atoms with E-state index in [1.54, 1.807) is 29.5 Å². The molecule has 2 heterocycles. The minimum Gasteiger partial charge on any atom is -0.287 e. The highest BCUT2D eigenvalue weighted by Crippen LogP contribution is 2.35. The van der Waals surface area contributed by atoms with E-state index < -0.39 is 0 Å². The lowest BCUT2D eigenvalue weighted by Crippen LogP contribution is -2.25. The lowest BCUT2D eigenvalue weighted by Gasteiger charge is -2.16. The molecule has 4 heteroatoms. The fourth-order valence-electron chi connectivity index (χ4n) is 3.06. The summed E-state index contributed by atoms with van der Waals surface area (Å²) in [4.78, 5) is 26.3. The molecular weight excluding hydrogens is 330 g/mol. The molecule has 0 radical (unpaired) electrons. The number of hydrogen-bond donors (Lipinski definition) is 0. The van der Waals surface area contributed by atoms with Gasteiger partial charge in [-0.2, -0.15) is 11.3 Å². The second-order valence-electron chi connectivity index (χ2n) is 5.86. The number of ketones is 1. The van der Waals surface area contributed by atoms with Gasteiger partial charge in [0.25, 0.3) is 0 Å². The first-order valence-corrected chi connectivity index (χ1v) is 8.88. The summed E-state index contributed by atoms with van der Waals surface area (Å²) in [6.07, 6.45) is 1.78. The number of thiophene rings is 1. The van der Waals surface area contributed by atoms with Crippen LogP contribution in [0.3, 0.4) is 0 Å². The second kappa shape index (κ2) is 6.15. The molecule has 1 aliphatic heterocycles. The summed E-state index contributed by atoms with van der Waals surface area (Å²) < 4.78 is 0. The van der Waals surface area contributed by atoms with Crippen LogP contribution in [-0.4, -0.2) is 11.7 Å². The topological polar surface area (TPSA) is 37.4 Å². The Balaban J connectivity index is 1.73. The summed E-state index contributed by atoms with van der Waals surface area (Å²) >= 11 is 1.66. The summed E-state index contributed by atoms with van der Waals surface area (Å²) in [5.74, 6) is -0.285. The van der Waals surface area contributed by atoms with Crippen LogP contribution in [0.1, 0.15) is 22.8 Å². The Bertz CT molecular complexity index is 985. The molecule has 0 N–H and O–H groups in total. The van der Waals surface area contributed by atoms with Gasteiger partial charge in [-0.25, -0.2) is 0 Å². The number of rotatable bonds is 2.